The molecule has 1 aromatic heterocycles. The Kier molecular flexibility index (Phi) is 4.35. The number of piperidine rings is 2. The topological polar surface area (TPSA) is 48.6 Å². The monoisotopic (exact) mass is 367 g/mol. The lowest BCUT2D eigenvalue weighted by Gasteiger charge is -2.45. The molecular weight excluding hydrogens is 338 g/mol. The molecule has 0 saturated carbocycles. The average molecular weight is 367 g/mol. The van der Waals surface area contributed by atoms with E-state index in [2.05, 4.69) is 41.3 Å². The third-order valence-corrected chi connectivity index (χ3v) is 6.87. The molecule has 2 fully saturated rings. The van der Waals surface area contributed by atoms with Gasteiger partial charge in [-0.1, -0.05) is 12.1 Å². The van der Waals surface area contributed by atoms with Crippen LogP contribution in [0.25, 0.3) is 10.9 Å². The zero-order valence-electron chi connectivity index (χ0n) is 16.1. The number of H-pyrrole nitrogens is 1. The number of rotatable bonds is 2. The normalized spacial score (nSPS) is 28.2. The number of hydrogen-bond donors (Lipinski definition) is 1. The summed E-state index contributed by atoms with van der Waals surface area (Å²) in [5.41, 5.74) is 4.17. The molecule has 2 aromatic rings. The van der Waals surface area contributed by atoms with Crippen molar-refractivity contribution >= 4 is 17.0 Å². The summed E-state index contributed by atoms with van der Waals surface area (Å²) in [7, 11) is 2.23. The molecule has 1 aliphatic carbocycles. The number of aromatic amines is 1. The van der Waals surface area contributed by atoms with Gasteiger partial charge in [0.1, 0.15) is 0 Å². The number of hydrogen-bond acceptors (Lipinski definition) is 3. The molecule has 5 nitrogen and oxygen atoms in total. The summed E-state index contributed by atoms with van der Waals surface area (Å²) in [6, 6.07) is 7.19. The van der Waals surface area contributed by atoms with Crippen LogP contribution in [0.1, 0.15) is 42.7 Å². The summed E-state index contributed by atoms with van der Waals surface area (Å²) in [5.74, 6) is 0.926. The van der Waals surface area contributed by atoms with E-state index in [-0.39, 0.29) is 6.09 Å². The van der Waals surface area contributed by atoms with Crippen molar-refractivity contribution in [1.82, 2.24) is 14.8 Å². The van der Waals surface area contributed by atoms with E-state index in [0.29, 0.717) is 24.5 Å². The molecular formula is C22H29N3O2. The van der Waals surface area contributed by atoms with E-state index in [4.69, 9.17) is 4.74 Å². The van der Waals surface area contributed by atoms with Crippen LogP contribution >= 0.6 is 0 Å². The highest BCUT2D eigenvalue weighted by molar-refractivity contribution is 5.88. The van der Waals surface area contributed by atoms with Gasteiger partial charge >= 0.3 is 6.09 Å². The molecule has 0 bridgehead atoms. The van der Waals surface area contributed by atoms with Crippen molar-refractivity contribution in [3.8, 4) is 0 Å². The Morgan fingerprint density at radius 2 is 2.11 bits per heavy atom. The predicted octanol–water partition coefficient (Wildman–Crippen LogP) is 3.75. The first-order chi connectivity index (χ1) is 13.2. The Bertz CT molecular complexity index is 839. The lowest BCUT2D eigenvalue weighted by Crippen LogP contribution is -2.49. The predicted molar refractivity (Wildman–Crippen MR) is 106 cm³/mol. The summed E-state index contributed by atoms with van der Waals surface area (Å²) >= 11 is 0. The van der Waals surface area contributed by atoms with Gasteiger partial charge in [0, 0.05) is 54.6 Å². The van der Waals surface area contributed by atoms with Crippen molar-refractivity contribution in [3.05, 3.63) is 35.5 Å². The van der Waals surface area contributed by atoms with E-state index in [1.807, 2.05) is 4.90 Å². The van der Waals surface area contributed by atoms with Crippen LogP contribution in [0.3, 0.4) is 0 Å². The van der Waals surface area contributed by atoms with E-state index >= 15 is 0 Å². The SMILES string of the molecule is CN1C[C@H](COC(=O)N2CCCCC2)CC2c3cccc4[nH]cc(c34)C[C@H]21. The highest BCUT2D eigenvalue weighted by Crippen LogP contribution is 2.44. The molecule has 5 rings (SSSR count). The van der Waals surface area contributed by atoms with Crippen LogP contribution in [0.4, 0.5) is 4.79 Å². The highest BCUT2D eigenvalue weighted by atomic mass is 16.6. The largest absolute Gasteiger partial charge is 0.449 e. The quantitative estimate of drug-likeness (QED) is 0.879. The number of carbonyl (C=O) groups excluding carboxylic acids is 1. The van der Waals surface area contributed by atoms with Crippen LogP contribution < -0.4 is 0 Å². The lowest BCUT2D eigenvalue weighted by atomic mass is 9.72. The van der Waals surface area contributed by atoms with Gasteiger partial charge in [-0.05, 0) is 56.3 Å². The van der Waals surface area contributed by atoms with Crippen LogP contribution in [0.15, 0.2) is 24.4 Å². The van der Waals surface area contributed by atoms with Gasteiger partial charge < -0.3 is 19.5 Å². The van der Waals surface area contributed by atoms with Crippen LogP contribution in [-0.4, -0.2) is 60.2 Å². The number of aromatic nitrogens is 1. The van der Waals surface area contributed by atoms with Crippen molar-refractivity contribution in [2.45, 2.75) is 44.1 Å². The average Bonchev–Trinajstić information content (AvgIpc) is 3.12. The molecule has 0 spiro atoms. The summed E-state index contributed by atoms with van der Waals surface area (Å²) in [6.07, 6.45) is 7.72. The standard InChI is InChI=1S/C22H29N3O2/c1-24-13-15(14-27-22(26)25-8-3-2-4-9-25)10-18-17-6-5-7-19-21(17)16(12-23-19)11-20(18)24/h5-7,12,15,18,20,23H,2-4,8-11,13-14H2,1H3/t15-,18?,20-/m1/s1. The molecule has 3 aliphatic rings. The Balaban J connectivity index is 1.30. The van der Waals surface area contributed by atoms with Gasteiger partial charge in [-0.15, -0.1) is 0 Å². The zero-order chi connectivity index (χ0) is 18.4. The molecule has 3 heterocycles. The second kappa shape index (κ2) is 6.86. The molecule has 5 heteroatoms. The number of benzene rings is 1. The maximum Gasteiger partial charge on any atom is 0.409 e. The van der Waals surface area contributed by atoms with Crippen molar-refractivity contribution in [2.75, 3.05) is 33.3 Å². The fourth-order valence-corrected chi connectivity index (χ4v) is 5.53. The van der Waals surface area contributed by atoms with E-state index in [9.17, 15) is 4.79 Å². The third kappa shape index (κ3) is 3.02. The fourth-order valence-electron chi connectivity index (χ4n) is 5.53. The van der Waals surface area contributed by atoms with Crippen LogP contribution in [0.5, 0.6) is 0 Å². The maximum absolute atomic E-state index is 12.4. The zero-order valence-corrected chi connectivity index (χ0v) is 16.1. The number of likely N-dealkylation sites (N-methyl/N-ethyl adjacent to an activating group) is 1. The Morgan fingerprint density at radius 3 is 2.96 bits per heavy atom. The maximum atomic E-state index is 12.4. The van der Waals surface area contributed by atoms with Gasteiger partial charge in [-0.25, -0.2) is 4.79 Å². The van der Waals surface area contributed by atoms with E-state index in [1.54, 1.807) is 0 Å². The minimum Gasteiger partial charge on any atom is -0.449 e. The van der Waals surface area contributed by atoms with Gasteiger partial charge in [0.2, 0.25) is 0 Å². The van der Waals surface area contributed by atoms with Crippen molar-refractivity contribution < 1.29 is 9.53 Å². The Labute approximate surface area is 160 Å². The summed E-state index contributed by atoms with van der Waals surface area (Å²) < 4.78 is 5.73. The first-order valence-electron chi connectivity index (χ1n) is 10.4. The number of likely N-dealkylation sites (tertiary alicyclic amines) is 2. The number of ether oxygens (including phenoxy) is 1. The van der Waals surface area contributed by atoms with Gasteiger partial charge in [0.25, 0.3) is 0 Å². The first kappa shape index (κ1) is 17.1. The number of carbonyl (C=O) groups is 1. The van der Waals surface area contributed by atoms with Crippen LogP contribution in [0.2, 0.25) is 0 Å². The third-order valence-electron chi connectivity index (χ3n) is 6.87. The summed E-state index contributed by atoms with van der Waals surface area (Å²) in [5, 5.41) is 1.43. The minimum absolute atomic E-state index is 0.113. The second-order valence-corrected chi connectivity index (χ2v) is 8.63. The minimum atomic E-state index is -0.113. The number of amides is 1. The van der Waals surface area contributed by atoms with Crippen LogP contribution in [-0.2, 0) is 11.2 Å². The molecule has 1 N–H and O–H groups in total. The fraction of sp³-hybridized carbons (Fsp3) is 0.591. The van der Waals surface area contributed by atoms with Crippen LogP contribution in [0, 0.1) is 5.92 Å². The van der Waals surface area contributed by atoms with Crippen molar-refractivity contribution in [1.29, 1.82) is 0 Å². The number of nitrogens with one attached hydrogen (secondary N) is 1. The number of nitrogens with zero attached hydrogens (tertiary/aromatic N) is 2. The van der Waals surface area contributed by atoms with Crippen molar-refractivity contribution in [3.63, 3.8) is 0 Å². The molecule has 3 atom stereocenters. The molecule has 27 heavy (non-hydrogen) atoms. The van der Waals surface area contributed by atoms with Gasteiger partial charge in [-0.3, -0.25) is 0 Å². The first-order valence-corrected chi connectivity index (χ1v) is 10.4. The molecule has 1 aromatic carbocycles. The van der Waals surface area contributed by atoms with Gasteiger partial charge in [-0.2, -0.15) is 0 Å². The van der Waals surface area contributed by atoms with Gasteiger partial charge in [0.15, 0.2) is 0 Å². The summed E-state index contributed by atoms with van der Waals surface area (Å²) in [4.78, 5) is 20.2. The second-order valence-electron chi connectivity index (χ2n) is 8.63. The van der Waals surface area contributed by atoms with E-state index < -0.39 is 0 Å². The highest BCUT2D eigenvalue weighted by Gasteiger charge is 2.39. The molecule has 1 amide bonds. The molecule has 0 radical (unpaired) electrons. The molecule has 1 unspecified atom stereocenters. The van der Waals surface area contributed by atoms with E-state index in [0.717, 1.165) is 45.3 Å². The molecule has 2 aliphatic heterocycles. The van der Waals surface area contributed by atoms with Gasteiger partial charge in [0.05, 0.1) is 6.61 Å². The Morgan fingerprint density at radius 1 is 1.26 bits per heavy atom. The number of fused-ring (bicyclic) bond motifs is 2. The smallest absolute Gasteiger partial charge is 0.409 e. The van der Waals surface area contributed by atoms with E-state index in [1.165, 1.54) is 28.5 Å². The molecule has 2 saturated heterocycles. The Hall–Kier alpha value is -2.01. The summed E-state index contributed by atoms with van der Waals surface area (Å²) in [6.45, 7) is 3.25. The lowest BCUT2D eigenvalue weighted by molar-refractivity contribution is 0.0444. The molecule has 144 valence electrons. The van der Waals surface area contributed by atoms with Crippen molar-refractivity contribution in [2.24, 2.45) is 5.92 Å².